The average Bonchev–Trinajstić information content (AvgIpc) is 3.06. The van der Waals surface area contributed by atoms with Crippen molar-refractivity contribution in [1.29, 1.82) is 0 Å². The summed E-state index contributed by atoms with van der Waals surface area (Å²) in [6.45, 7) is 3.26. The van der Waals surface area contributed by atoms with E-state index in [1.54, 1.807) is 12.1 Å². The molecule has 5 heteroatoms. The first-order valence-electron chi connectivity index (χ1n) is 8.17. The standard InChI is InChI=1S/C18H20FN3O/c19-14-3-1-2-13(10-14)15-4-5-16(20-15)18(23)21-17-11-22-8-6-12(17)7-9-22/h1-5,10,12,17,20H,6-9,11H2,(H,21,23). The van der Waals surface area contributed by atoms with Gasteiger partial charge >= 0.3 is 0 Å². The van der Waals surface area contributed by atoms with Gasteiger partial charge in [0.05, 0.1) is 0 Å². The second-order valence-electron chi connectivity index (χ2n) is 6.51. The molecule has 4 heterocycles. The molecule has 2 bridgehead atoms. The molecule has 120 valence electrons. The Bertz CT molecular complexity index is 719. The molecule has 3 saturated heterocycles. The zero-order chi connectivity index (χ0) is 15.8. The van der Waals surface area contributed by atoms with E-state index < -0.39 is 0 Å². The number of aromatic nitrogens is 1. The number of carbonyl (C=O) groups excluding carboxylic acids is 1. The summed E-state index contributed by atoms with van der Waals surface area (Å²) in [4.78, 5) is 18.0. The molecular weight excluding hydrogens is 293 g/mol. The van der Waals surface area contributed by atoms with Crippen LogP contribution in [0.5, 0.6) is 0 Å². The summed E-state index contributed by atoms with van der Waals surface area (Å²) < 4.78 is 13.3. The molecule has 1 unspecified atom stereocenters. The van der Waals surface area contributed by atoms with Crippen molar-refractivity contribution in [2.45, 2.75) is 18.9 Å². The Morgan fingerprint density at radius 3 is 2.74 bits per heavy atom. The third kappa shape index (κ3) is 2.88. The molecule has 1 amide bonds. The van der Waals surface area contributed by atoms with Crippen molar-refractivity contribution in [2.75, 3.05) is 19.6 Å². The Kier molecular flexibility index (Phi) is 3.65. The summed E-state index contributed by atoms with van der Waals surface area (Å²) >= 11 is 0. The van der Waals surface area contributed by atoms with E-state index in [4.69, 9.17) is 0 Å². The van der Waals surface area contributed by atoms with Crippen LogP contribution in [0.1, 0.15) is 23.3 Å². The number of hydrogen-bond acceptors (Lipinski definition) is 2. The van der Waals surface area contributed by atoms with Gasteiger partial charge in [-0.2, -0.15) is 0 Å². The minimum Gasteiger partial charge on any atom is -0.351 e. The zero-order valence-corrected chi connectivity index (χ0v) is 12.9. The Morgan fingerprint density at radius 1 is 1.22 bits per heavy atom. The third-order valence-corrected chi connectivity index (χ3v) is 5.04. The van der Waals surface area contributed by atoms with E-state index in [-0.39, 0.29) is 17.8 Å². The van der Waals surface area contributed by atoms with Gasteiger partial charge < -0.3 is 15.2 Å². The van der Waals surface area contributed by atoms with Crippen LogP contribution in [0.3, 0.4) is 0 Å². The van der Waals surface area contributed by atoms with E-state index in [2.05, 4.69) is 15.2 Å². The SMILES string of the molecule is O=C(NC1CN2CCC1CC2)c1ccc(-c2cccc(F)c2)[nH]1. The lowest BCUT2D eigenvalue weighted by Crippen LogP contribution is -2.57. The molecule has 4 nitrogen and oxygen atoms in total. The van der Waals surface area contributed by atoms with Gasteiger partial charge in [0, 0.05) is 23.8 Å². The third-order valence-electron chi connectivity index (χ3n) is 5.04. The van der Waals surface area contributed by atoms with Crippen molar-refractivity contribution in [2.24, 2.45) is 5.92 Å². The Labute approximate surface area is 134 Å². The largest absolute Gasteiger partial charge is 0.351 e. The molecule has 0 saturated carbocycles. The van der Waals surface area contributed by atoms with Crippen LogP contribution in [0.2, 0.25) is 0 Å². The highest BCUT2D eigenvalue weighted by Gasteiger charge is 2.35. The normalized spacial score (nSPS) is 26.2. The van der Waals surface area contributed by atoms with Gasteiger partial charge in [-0.15, -0.1) is 0 Å². The first-order valence-corrected chi connectivity index (χ1v) is 8.17. The summed E-state index contributed by atoms with van der Waals surface area (Å²) in [6, 6.07) is 10.2. The number of rotatable bonds is 3. The molecule has 0 spiro atoms. The highest BCUT2D eigenvalue weighted by molar-refractivity contribution is 5.93. The van der Waals surface area contributed by atoms with Crippen LogP contribution in [0.4, 0.5) is 4.39 Å². The lowest BCUT2D eigenvalue weighted by Gasteiger charge is -2.44. The second kappa shape index (κ2) is 5.81. The maximum atomic E-state index is 13.3. The number of amides is 1. The van der Waals surface area contributed by atoms with Crippen LogP contribution in [0, 0.1) is 11.7 Å². The highest BCUT2D eigenvalue weighted by Crippen LogP contribution is 2.27. The van der Waals surface area contributed by atoms with Crippen LogP contribution in [-0.4, -0.2) is 41.5 Å². The molecule has 3 fully saturated rings. The number of nitrogens with one attached hydrogen (secondary N) is 2. The molecule has 0 aliphatic carbocycles. The number of benzene rings is 1. The summed E-state index contributed by atoms with van der Waals surface area (Å²) in [5.41, 5.74) is 2.02. The molecule has 1 aromatic carbocycles. The molecule has 2 N–H and O–H groups in total. The Hall–Kier alpha value is -2.14. The maximum Gasteiger partial charge on any atom is 0.267 e. The van der Waals surface area contributed by atoms with Gasteiger partial charge in [-0.25, -0.2) is 4.39 Å². The summed E-state index contributed by atoms with van der Waals surface area (Å²) in [7, 11) is 0. The lowest BCUT2D eigenvalue weighted by atomic mass is 9.84. The monoisotopic (exact) mass is 313 g/mol. The van der Waals surface area contributed by atoms with E-state index in [1.807, 2.05) is 12.1 Å². The second-order valence-corrected chi connectivity index (χ2v) is 6.51. The minimum absolute atomic E-state index is 0.0774. The van der Waals surface area contributed by atoms with Crippen molar-refractivity contribution in [1.82, 2.24) is 15.2 Å². The zero-order valence-electron chi connectivity index (χ0n) is 12.9. The van der Waals surface area contributed by atoms with Gasteiger partial charge in [0.15, 0.2) is 0 Å². The Morgan fingerprint density at radius 2 is 2.04 bits per heavy atom. The molecule has 3 aliphatic rings. The van der Waals surface area contributed by atoms with Crippen LogP contribution < -0.4 is 5.32 Å². The minimum atomic E-state index is -0.282. The first kappa shape index (κ1) is 14.5. The van der Waals surface area contributed by atoms with Gasteiger partial charge in [0.1, 0.15) is 11.5 Å². The summed E-state index contributed by atoms with van der Waals surface area (Å²) in [6.07, 6.45) is 2.34. The van der Waals surface area contributed by atoms with Gasteiger partial charge in [-0.3, -0.25) is 4.79 Å². The van der Waals surface area contributed by atoms with Gasteiger partial charge in [-0.05, 0) is 56.1 Å². The van der Waals surface area contributed by atoms with Gasteiger partial charge in [-0.1, -0.05) is 12.1 Å². The predicted molar refractivity (Wildman–Crippen MR) is 86.6 cm³/mol. The number of piperidine rings is 3. The quantitative estimate of drug-likeness (QED) is 0.915. The lowest BCUT2D eigenvalue weighted by molar-refractivity contribution is 0.0618. The molecule has 1 aromatic heterocycles. The number of H-pyrrole nitrogens is 1. The molecule has 0 radical (unpaired) electrons. The number of fused-ring (bicyclic) bond motifs is 3. The average molecular weight is 313 g/mol. The van der Waals surface area contributed by atoms with Crippen molar-refractivity contribution < 1.29 is 9.18 Å². The maximum absolute atomic E-state index is 13.3. The van der Waals surface area contributed by atoms with E-state index in [1.165, 1.54) is 25.0 Å². The first-order chi connectivity index (χ1) is 11.2. The van der Waals surface area contributed by atoms with Gasteiger partial charge in [0.2, 0.25) is 0 Å². The summed E-state index contributed by atoms with van der Waals surface area (Å²) in [5.74, 6) is 0.239. The van der Waals surface area contributed by atoms with Crippen molar-refractivity contribution in [3.05, 3.63) is 47.9 Å². The van der Waals surface area contributed by atoms with E-state index >= 15 is 0 Å². The van der Waals surface area contributed by atoms with E-state index in [0.717, 1.165) is 30.9 Å². The fourth-order valence-electron chi connectivity index (χ4n) is 3.73. The van der Waals surface area contributed by atoms with Crippen LogP contribution in [0.25, 0.3) is 11.3 Å². The van der Waals surface area contributed by atoms with Crippen molar-refractivity contribution in [3.8, 4) is 11.3 Å². The van der Waals surface area contributed by atoms with Crippen LogP contribution in [0.15, 0.2) is 36.4 Å². The summed E-state index contributed by atoms with van der Waals surface area (Å²) in [5, 5.41) is 3.16. The van der Waals surface area contributed by atoms with E-state index in [0.29, 0.717) is 11.6 Å². The molecule has 1 atom stereocenters. The smallest absolute Gasteiger partial charge is 0.267 e. The van der Waals surface area contributed by atoms with Crippen LogP contribution in [-0.2, 0) is 0 Å². The fraction of sp³-hybridized carbons (Fsp3) is 0.389. The number of hydrogen-bond donors (Lipinski definition) is 2. The van der Waals surface area contributed by atoms with Crippen molar-refractivity contribution in [3.63, 3.8) is 0 Å². The number of carbonyl (C=O) groups is 1. The molecule has 2 aromatic rings. The molecule has 3 aliphatic heterocycles. The number of aromatic amines is 1. The fourth-order valence-corrected chi connectivity index (χ4v) is 3.73. The predicted octanol–water partition coefficient (Wildman–Crippen LogP) is 2.64. The van der Waals surface area contributed by atoms with Crippen molar-refractivity contribution >= 4 is 5.91 Å². The number of nitrogens with zero attached hydrogens (tertiary/aromatic N) is 1. The molecular formula is C18H20FN3O. The topological polar surface area (TPSA) is 48.1 Å². The highest BCUT2D eigenvalue weighted by atomic mass is 19.1. The Balaban J connectivity index is 1.47. The number of halogens is 1. The van der Waals surface area contributed by atoms with Crippen LogP contribution >= 0.6 is 0 Å². The molecule has 5 rings (SSSR count). The van der Waals surface area contributed by atoms with Gasteiger partial charge in [0.25, 0.3) is 5.91 Å². The van der Waals surface area contributed by atoms with E-state index in [9.17, 15) is 9.18 Å². The molecule has 23 heavy (non-hydrogen) atoms.